The van der Waals surface area contributed by atoms with Gasteiger partial charge < -0.3 is 4.74 Å². The summed E-state index contributed by atoms with van der Waals surface area (Å²) in [4.78, 5) is 0. The van der Waals surface area contributed by atoms with Crippen LogP contribution in [0.2, 0.25) is 0 Å². The summed E-state index contributed by atoms with van der Waals surface area (Å²) in [7, 11) is 0. The second-order valence-corrected chi connectivity index (χ2v) is 3.65. The van der Waals surface area contributed by atoms with Gasteiger partial charge in [-0.15, -0.1) is 0 Å². The predicted octanol–water partition coefficient (Wildman–Crippen LogP) is 3.12. The first kappa shape index (κ1) is 11.9. The van der Waals surface area contributed by atoms with Gasteiger partial charge in [-0.1, -0.05) is 6.07 Å². The van der Waals surface area contributed by atoms with E-state index >= 15 is 0 Å². The number of halogens is 1. The monoisotopic (exact) mass is 240 g/mol. The molecule has 0 heterocycles. The van der Waals surface area contributed by atoms with E-state index in [-0.39, 0.29) is 16.9 Å². The van der Waals surface area contributed by atoms with Gasteiger partial charge >= 0.3 is 0 Å². The van der Waals surface area contributed by atoms with Crippen LogP contribution in [0.1, 0.15) is 18.1 Å². The van der Waals surface area contributed by atoms with Crippen molar-refractivity contribution in [3.63, 3.8) is 0 Å². The van der Waals surface area contributed by atoms with Crippen molar-refractivity contribution >= 4 is 10.8 Å². The van der Waals surface area contributed by atoms with Crippen LogP contribution in [0.5, 0.6) is 5.75 Å². The molecule has 0 unspecified atom stereocenters. The number of benzene rings is 2. The van der Waals surface area contributed by atoms with E-state index in [4.69, 9.17) is 15.3 Å². The normalized spacial score (nSPS) is 9.78. The zero-order valence-electron chi connectivity index (χ0n) is 9.70. The molecule has 0 spiro atoms. The lowest BCUT2D eigenvalue weighted by molar-refractivity contribution is 0.326. The average Bonchev–Trinajstić information content (AvgIpc) is 2.40. The topological polar surface area (TPSA) is 56.8 Å². The molecule has 0 fully saturated rings. The molecule has 2 aromatic rings. The molecule has 0 atom stereocenters. The molecule has 0 aromatic heterocycles. The number of nitriles is 2. The largest absolute Gasteiger partial charge is 0.490 e. The lowest BCUT2D eigenvalue weighted by Gasteiger charge is -2.09. The summed E-state index contributed by atoms with van der Waals surface area (Å²) in [6, 6.07) is 9.78. The van der Waals surface area contributed by atoms with E-state index in [2.05, 4.69) is 0 Å². The highest BCUT2D eigenvalue weighted by Gasteiger charge is 2.12. The smallest absolute Gasteiger partial charge is 0.165 e. The minimum absolute atomic E-state index is 0.121. The van der Waals surface area contributed by atoms with Crippen molar-refractivity contribution in [1.29, 1.82) is 10.5 Å². The highest BCUT2D eigenvalue weighted by atomic mass is 19.1. The standard InChI is InChI=1S/C14H9FN2O/c1-2-18-14-12-6-11(8-17)10(7-16)5-9(12)3-4-13(14)15/h3-6H,2H2,1H3. The highest BCUT2D eigenvalue weighted by molar-refractivity contribution is 5.91. The summed E-state index contributed by atoms with van der Waals surface area (Å²) in [5.74, 6) is -0.353. The summed E-state index contributed by atoms with van der Waals surface area (Å²) < 4.78 is 18.9. The predicted molar refractivity (Wildman–Crippen MR) is 64.5 cm³/mol. The zero-order valence-corrected chi connectivity index (χ0v) is 9.70. The van der Waals surface area contributed by atoms with Gasteiger partial charge in [-0.25, -0.2) is 4.39 Å². The van der Waals surface area contributed by atoms with E-state index in [9.17, 15) is 4.39 Å². The fraction of sp³-hybridized carbons (Fsp3) is 0.143. The Balaban J connectivity index is 2.82. The SMILES string of the molecule is CCOc1c(F)ccc2cc(C#N)c(C#N)cc12. The van der Waals surface area contributed by atoms with Crippen molar-refractivity contribution in [3.05, 3.63) is 41.2 Å². The third-order valence-electron chi connectivity index (χ3n) is 2.59. The summed E-state index contributed by atoms with van der Waals surface area (Å²) in [6.45, 7) is 2.09. The first-order valence-electron chi connectivity index (χ1n) is 5.40. The Labute approximate surface area is 104 Å². The Hall–Kier alpha value is -2.59. The van der Waals surface area contributed by atoms with E-state index in [1.165, 1.54) is 12.1 Å². The third kappa shape index (κ3) is 1.85. The fourth-order valence-electron chi connectivity index (χ4n) is 1.79. The molecule has 0 aliphatic carbocycles. The van der Waals surface area contributed by atoms with Crippen LogP contribution >= 0.6 is 0 Å². The van der Waals surface area contributed by atoms with Gasteiger partial charge in [-0.3, -0.25) is 0 Å². The molecule has 3 nitrogen and oxygen atoms in total. The van der Waals surface area contributed by atoms with Crippen molar-refractivity contribution in [2.75, 3.05) is 6.61 Å². The Morgan fingerprint density at radius 1 is 1.17 bits per heavy atom. The van der Waals surface area contributed by atoms with Crippen molar-refractivity contribution in [2.45, 2.75) is 6.92 Å². The van der Waals surface area contributed by atoms with Crippen molar-refractivity contribution < 1.29 is 9.13 Å². The number of fused-ring (bicyclic) bond motifs is 1. The molecular formula is C14H9FN2O. The van der Waals surface area contributed by atoms with Gasteiger partial charge in [-0.05, 0) is 30.5 Å². The van der Waals surface area contributed by atoms with E-state index in [1.54, 1.807) is 19.1 Å². The van der Waals surface area contributed by atoms with Crippen LogP contribution in [0.15, 0.2) is 24.3 Å². The quantitative estimate of drug-likeness (QED) is 0.810. The lowest BCUT2D eigenvalue weighted by atomic mass is 10.0. The van der Waals surface area contributed by atoms with Gasteiger partial charge in [0.1, 0.15) is 12.1 Å². The Morgan fingerprint density at radius 2 is 1.83 bits per heavy atom. The maximum Gasteiger partial charge on any atom is 0.165 e. The van der Waals surface area contributed by atoms with Crippen LogP contribution in [0.4, 0.5) is 4.39 Å². The van der Waals surface area contributed by atoms with E-state index in [1.807, 2.05) is 12.1 Å². The molecule has 2 aromatic carbocycles. The number of hydrogen-bond donors (Lipinski definition) is 0. The number of ether oxygens (including phenoxy) is 1. The number of rotatable bonds is 2. The molecular weight excluding hydrogens is 231 g/mol. The number of hydrogen-bond acceptors (Lipinski definition) is 3. The summed E-state index contributed by atoms with van der Waals surface area (Å²) in [5, 5.41) is 19.1. The van der Waals surface area contributed by atoms with E-state index < -0.39 is 5.82 Å². The van der Waals surface area contributed by atoms with E-state index in [0.717, 1.165) is 0 Å². The first-order chi connectivity index (χ1) is 8.71. The van der Waals surface area contributed by atoms with Crippen molar-refractivity contribution in [1.82, 2.24) is 0 Å². The second-order valence-electron chi connectivity index (χ2n) is 3.65. The molecule has 0 radical (unpaired) electrons. The van der Waals surface area contributed by atoms with Crippen LogP contribution in [0.25, 0.3) is 10.8 Å². The summed E-state index contributed by atoms with van der Waals surface area (Å²) >= 11 is 0. The molecule has 2 rings (SSSR count). The van der Waals surface area contributed by atoms with Gasteiger partial charge in [0.2, 0.25) is 0 Å². The summed E-state index contributed by atoms with van der Waals surface area (Å²) in [5.41, 5.74) is 0.496. The highest BCUT2D eigenvalue weighted by Crippen LogP contribution is 2.31. The maximum absolute atomic E-state index is 13.7. The Kier molecular flexibility index (Phi) is 3.12. The molecule has 0 aliphatic heterocycles. The van der Waals surface area contributed by atoms with E-state index in [0.29, 0.717) is 17.4 Å². The van der Waals surface area contributed by atoms with Crippen LogP contribution in [0.3, 0.4) is 0 Å². The molecule has 0 bridgehead atoms. The molecule has 0 amide bonds. The fourth-order valence-corrected chi connectivity index (χ4v) is 1.79. The van der Waals surface area contributed by atoms with Gasteiger partial charge in [0.25, 0.3) is 0 Å². The second kappa shape index (κ2) is 4.73. The van der Waals surface area contributed by atoms with Crippen LogP contribution in [-0.2, 0) is 0 Å². The molecule has 0 N–H and O–H groups in total. The third-order valence-corrected chi connectivity index (χ3v) is 2.59. The van der Waals surface area contributed by atoms with Crippen LogP contribution < -0.4 is 4.74 Å². The zero-order chi connectivity index (χ0) is 13.1. The van der Waals surface area contributed by atoms with Gasteiger partial charge in [0, 0.05) is 5.39 Å². The van der Waals surface area contributed by atoms with Gasteiger partial charge in [-0.2, -0.15) is 10.5 Å². The van der Waals surface area contributed by atoms with Crippen molar-refractivity contribution in [3.8, 4) is 17.9 Å². The first-order valence-corrected chi connectivity index (χ1v) is 5.40. The van der Waals surface area contributed by atoms with Crippen molar-refractivity contribution in [2.24, 2.45) is 0 Å². The lowest BCUT2D eigenvalue weighted by Crippen LogP contribution is -1.96. The molecule has 88 valence electrons. The minimum atomic E-state index is -0.474. The Morgan fingerprint density at radius 3 is 2.44 bits per heavy atom. The molecule has 0 saturated heterocycles. The molecule has 4 heteroatoms. The molecule has 0 aliphatic rings. The number of nitrogens with zero attached hydrogens (tertiary/aromatic N) is 2. The van der Waals surface area contributed by atoms with Gasteiger partial charge in [0.05, 0.1) is 17.7 Å². The Bertz CT molecular complexity index is 695. The molecule has 18 heavy (non-hydrogen) atoms. The average molecular weight is 240 g/mol. The minimum Gasteiger partial charge on any atom is -0.490 e. The summed E-state index contributed by atoms with van der Waals surface area (Å²) in [6.07, 6.45) is 0. The maximum atomic E-state index is 13.7. The van der Waals surface area contributed by atoms with Gasteiger partial charge in [0.15, 0.2) is 11.6 Å². The van der Waals surface area contributed by atoms with Crippen LogP contribution in [0, 0.1) is 28.5 Å². The van der Waals surface area contributed by atoms with Crippen LogP contribution in [-0.4, -0.2) is 6.61 Å². The molecule has 0 saturated carbocycles.